The van der Waals surface area contributed by atoms with Gasteiger partial charge in [-0.05, 0) is 86.1 Å². The maximum Gasteiger partial charge on any atom is 0.353 e. The van der Waals surface area contributed by atoms with Crippen LogP contribution in [0.1, 0.15) is 76.5 Å². The summed E-state index contributed by atoms with van der Waals surface area (Å²) in [7, 11) is 3.33. The number of carboxylic acid groups (broad SMARTS) is 1. The third-order valence-corrected chi connectivity index (χ3v) is 11.8. The van der Waals surface area contributed by atoms with Crippen LogP contribution in [0.5, 0.6) is 11.5 Å². The fourth-order valence-electron chi connectivity index (χ4n) is 7.85. The van der Waals surface area contributed by atoms with Crippen LogP contribution in [0.4, 0.5) is 0 Å². The van der Waals surface area contributed by atoms with Crippen molar-refractivity contribution in [3.8, 4) is 11.5 Å². The second-order valence-corrected chi connectivity index (χ2v) is 15.8. The summed E-state index contributed by atoms with van der Waals surface area (Å²) in [6.45, 7) is 9.18. The van der Waals surface area contributed by atoms with Crippen molar-refractivity contribution in [1.82, 2.24) is 10.2 Å². The Morgan fingerprint density at radius 2 is 1.77 bits per heavy atom. The van der Waals surface area contributed by atoms with Crippen molar-refractivity contribution >= 4 is 23.6 Å². The molecule has 5 rings (SSSR count). The number of aliphatic hydroxyl groups is 1. The van der Waals surface area contributed by atoms with Crippen molar-refractivity contribution in [2.75, 3.05) is 20.8 Å². The Morgan fingerprint density at radius 3 is 2.45 bits per heavy atom. The van der Waals surface area contributed by atoms with Crippen molar-refractivity contribution in [3.63, 3.8) is 0 Å². The van der Waals surface area contributed by atoms with Gasteiger partial charge in [-0.2, -0.15) is 0 Å². The molecule has 2 fully saturated rings. The van der Waals surface area contributed by atoms with Crippen LogP contribution < -0.4 is 14.8 Å². The zero-order valence-electron chi connectivity index (χ0n) is 28.8. The molecular formula is C38H52N2O6S. The highest BCUT2D eigenvalue weighted by Gasteiger charge is 2.60. The number of carboxylic acids is 1. The second kappa shape index (κ2) is 15.0. The Hall–Kier alpha value is -3.01. The lowest BCUT2D eigenvalue weighted by Crippen LogP contribution is -2.63. The van der Waals surface area contributed by atoms with Crippen LogP contribution in [-0.4, -0.2) is 71.2 Å². The number of β-lactam (4-membered cyclic amide) rings is 1. The maximum atomic E-state index is 12.7. The van der Waals surface area contributed by atoms with E-state index < -0.39 is 18.0 Å². The zero-order chi connectivity index (χ0) is 33.9. The fraction of sp³-hybridized carbons (Fsp3) is 0.579. The minimum absolute atomic E-state index is 0.0839. The number of hydrogen-bond donors (Lipinski definition) is 3. The maximum absolute atomic E-state index is 12.7. The number of nitrogens with one attached hydrogen (secondary N) is 1. The minimum atomic E-state index is -1.05. The van der Waals surface area contributed by atoms with Crippen LogP contribution in [-0.2, 0) is 28.9 Å². The smallest absolute Gasteiger partial charge is 0.353 e. The summed E-state index contributed by atoms with van der Waals surface area (Å²) in [5.41, 5.74) is 4.34. The standard InChI is InChI=1S/C38H52N2O6S/c1-23-33-32(24(2)41)36(42)40(33)34(37(43)44)35(23)47-29-20-28(39-22-29)14-9-17-38(3,4)21-27-13-8-11-25(18-27)10-7-12-26-15-16-30(45-5)31(19-26)46-6/h8,11,13,15-16,18-19,23-24,28-29,32-33,39,41H,7,9-10,12,14,17,20-22H2,1-6H3,(H,43,44). The molecule has 1 amide bonds. The summed E-state index contributed by atoms with van der Waals surface area (Å²) in [6, 6.07) is 15.4. The number of aryl methyl sites for hydroxylation is 2. The summed E-state index contributed by atoms with van der Waals surface area (Å²) in [6.07, 6.45) is 7.71. The SMILES string of the molecule is COc1ccc(CCCc2cccc(CC(C)(C)CCCC3CC(SC4=C(C(=O)O)N5C(=O)C(C(C)O)C5C4C)CN3)c2)cc1OC. The number of aliphatic hydroxyl groups excluding tert-OH is 1. The summed E-state index contributed by atoms with van der Waals surface area (Å²) in [5, 5.41) is 24.0. The molecule has 0 aromatic heterocycles. The molecule has 2 aromatic rings. The molecule has 0 bridgehead atoms. The number of nitrogens with zero attached hydrogens (tertiary/aromatic N) is 1. The van der Waals surface area contributed by atoms with Crippen LogP contribution in [0.2, 0.25) is 0 Å². The van der Waals surface area contributed by atoms with Gasteiger partial charge in [-0.25, -0.2) is 4.79 Å². The number of carbonyl (C=O) groups excluding carboxylic acids is 1. The normalized spacial score (nSPS) is 24.7. The highest BCUT2D eigenvalue weighted by atomic mass is 32.2. The molecule has 3 N–H and O–H groups in total. The Morgan fingerprint density at radius 1 is 1.06 bits per heavy atom. The molecule has 3 aliphatic heterocycles. The van der Waals surface area contributed by atoms with E-state index in [4.69, 9.17) is 9.47 Å². The first-order valence-electron chi connectivity index (χ1n) is 17.1. The van der Waals surface area contributed by atoms with Gasteiger partial charge in [0, 0.05) is 28.7 Å². The number of ether oxygens (including phenoxy) is 2. The number of hydrogen-bond acceptors (Lipinski definition) is 7. The average molecular weight is 665 g/mol. The second-order valence-electron chi connectivity index (χ2n) is 14.4. The Kier molecular flexibility index (Phi) is 11.3. The molecule has 47 heavy (non-hydrogen) atoms. The molecule has 3 aliphatic rings. The molecule has 2 aromatic carbocycles. The molecule has 6 atom stereocenters. The third-order valence-electron chi connectivity index (χ3n) is 10.2. The van der Waals surface area contributed by atoms with Gasteiger partial charge in [0.25, 0.3) is 0 Å². The lowest BCUT2D eigenvalue weighted by atomic mass is 9.79. The third kappa shape index (κ3) is 8.01. The fourth-order valence-corrected chi connectivity index (χ4v) is 9.36. The Bertz CT molecular complexity index is 1470. The van der Waals surface area contributed by atoms with Gasteiger partial charge in [0.05, 0.1) is 32.3 Å². The van der Waals surface area contributed by atoms with Crippen LogP contribution >= 0.6 is 11.8 Å². The van der Waals surface area contributed by atoms with Gasteiger partial charge >= 0.3 is 5.97 Å². The number of thioether (sulfide) groups is 1. The summed E-state index contributed by atoms with van der Waals surface area (Å²) >= 11 is 1.63. The van der Waals surface area contributed by atoms with E-state index in [1.54, 1.807) is 32.9 Å². The van der Waals surface area contributed by atoms with E-state index in [1.807, 2.05) is 13.0 Å². The first-order chi connectivity index (χ1) is 22.4. The van der Waals surface area contributed by atoms with Gasteiger partial charge in [-0.1, -0.05) is 57.5 Å². The van der Waals surface area contributed by atoms with E-state index in [2.05, 4.69) is 55.6 Å². The first kappa shape index (κ1) is 35.3. The molecule has 8 nitrogen and oxygen atoms in total. The first-order valence-corrected chi connectivity index (χ1v) is 18.0. The topological polar surface area (TPSA) is 108 Å². The van der Waals surface area contributed by atoms with Gasteiger partial charge in [-0.15, -0.1) is 11.8 Å². The van der Waals surface area contributed by atoms with Crippen LogP contribution in [0.3, 0.4) is 0 Å². The molecule has 0 spiro atoms. The molecule has 256 valence electrons. The van der Waals surface area contributed by atoms with E-state index in [9.17, 15) is 19.8 Å². The lowest BCUT2D eigenvalue weighted by Gasteiger charge is -2.46. The number of fused-ring (bicyclic) bond motifs is 1. The van der Waals surface area contributed by atoms with Gasteiger partial charge in [0.2, 0.25) is 5.91 Å². The molecule has 6 unspecified atom stereocenters. The summed E-state index contributed by atoms with van der Waals surface area (Å²) in [5.74, 6) is -0.392. The summed E-state index contributed by atoms with van der Waals surface area (Å²) < 4.78 is 10.8. The van der Waals surface area contributed by atoms with Crippen molar-refractivity contribution in [3.05, 3.63) is 69.8 Å². The molecule has 9 heteroatoms. The van der Waals surface area contributed by atoms with E-state index >= 15 is 0 Å². The van der Waals surface area contributed by atoms with E-state index in [1.165, 1.54) is 21.6 Å². The predicted octanol–water partition coefficient (Wildman–Crippen LogP) is 6.24. The molecule has 3 heterocycles. The van der Waals surface area contributed by atoms with E-state index in [0.717, 1.165) is 74.3 Å². The van der Waals surface area contributed by atoms with Gasteiger partial charge in [-0.3, -0.25) is 4.79 Å². The number of aliphatic carboxylic acids is 1. The summed E-state index contributed by atoms with van der Waals surface area (Å²) in [4.78, 5) is 27.1. The lowest BCUT2D eigenvalue weighted by molar-refractivity contribution is -0.163. The minimum Gasteiger partial charge on any atom is -0.493 e. The van der Waals surface area contributed by atoms with Crippen molar-refractivity contribution in [2.24, 2.45) is 17.3 Å². The molecule has 0 saturated carbocycles. The van der Waals surface area contributed by atoms with Gasteiger partial charge < -0.3 is 29.9 Å². The quantitative estimate of drug-likeness (QED) is 0.181. The van der Waals surface area contributed by atoms with E-state index in [-0.39, 0.29) is 34.2 Å². The van der Waals surface area contributed by atoms with E-state index in [0.29, 0.717) is 6.04 Å². The number of methoxy groups -OCH3 is 2. The molecular weight excluding hydrogens is 612 g/mol. The highest BCUT2D eigenvalue weighted by molar-refractivity contribution is 8.03. The number of benzene rings is 2. The number of rotatable bonds is 16. The van der Waals surface area contributed by atoms with Crippen LogP contribution in [0.15, 0.2) is 53.1 Å². The van der Waals surface area contributed by atoms with Crippen molar-refractivity contribution in [2.45, 2.75) is 102 Å². The van der Waals surface area contributed by atoms with Crippen LogP contribution in [0.25, 0.3) is 0 Å². The molecule has 0 aliphatic carbocycles. The monoisotopic (exact) mass is 664 g/mol. The van der Waals surface area contributed by atoms with Gasteiger partial charge in [0.1, 0.15) is 5.70 Å². The predicted molar refractivity (Wildman–Crippen MR) is 187 cm³/mol. The Balaban J connectivity index is 1.07. The molecule has 2 saturated heterocycles. The van der Waals surface area contributed by atoms with Crippen molar-refractivity contribution in [1.29, 1.82) is 0 Å². The zero-order valence-corrected chi connectivity index (χ0v) is 29.6. The Labute approximate surface area is 284 Å². The average Bonchev–Trinajstić information content (AvgIpc) is 3.56. The largest absolute Gasteiger partial charge is 0.493 e. The van der Waals surface area contributed by atoms with Crippen LogP contribution in [0, 0.1) is 17.3 Å². The molecule has 0 radical (unpaired) electrons. The number of carbonyl (C=O) groups is 2. The van der Waals surface area contributed by atoms with Gasteiger partial charge in [0.15, 0.2) is 11.5 Å². The number of amides is 1. The highest BCUT2D eigenvalue weighted by Crippen LogP contribution is 2.52. The van der Waals surface area contributed by atoms with Crippen molar-refractivity contribution < 1.29 is 29.3 Å².